The molecule has 214 valence electrons. The number of rotatable bonds is 19. The molecular weight excluding hydrogens is 502 g/mol. The van der Waals surface area contributed by atoms with Crippen molar-refractivity contribution >= 4 is 24.9 Å². The molecule has 0 fully saturated rings. The van der Waals surface area contributed by atoms with Crippen molar-refractivity contribution in [1.29, 1.82) is 0 Å². The Morgan fingerprint density at radius 3 is 1.03 bits per heavy atom. The molecule has 4 heteroatoms. The monoisotopic (exact) mass is 558 g/mol. The zero-order chi connectivity index (χ0) is 28.0. The van der Waals surface area contributed by atoms with Crippen molar-refractivity contribution in [2.45, 2.75) is 119 Å². The Bertz CT molecular complexity index is 959. The largest absolute Gasteiger partial charge is 0.319 e. The second kappa shape index (κ2) is 16.9. The van der Waals surface area contributed by atoms with E-state index in [1.807, 2.05) is 0 Å². The summed E-state index contributed by atoms with van der Waals surface area (Å²) in [6.45, 7) is 13.2. The zero-order valence-corrected chi connectivity index (χ0v) is 27.3. The molecule has 0 N–H and O–H groups in total. The molecule has 0 aliphatic carbocycles. The first-order valence-electron chi connectivity index (χ1n) is 15.6. The molecule has 0 aliphatic rings. The van der Waals surface area contributed by atoms with E-state index in [9.17, 15) is 9.13 Å². The number of hydrogen-bond acceptors (Lipinski definition) is 2. The van der Waals surface area contributed by atoms with Crippen molar-refractivity contribution in [2.75, 3.05) is 24.6 Å². The lowest BCUT2D eigenvalue weighted by molar-refractivity contribution is 0.573. The number of hydrogen-bond donors (Lipinski definition) is 0. The van der Waals surface area contributed by atoms with Gasteiger partial charge >= 0.3 is 0 Å². The van der Waals surface area contributed by atoms with Gasteiger partial charge < -0.3 is 9.13 Å². The van der Waals surface area contributed by atoms with Gasteiger partial charge in [0, 0.05) is 35.3 Å². The van der Waals surface area contributed by atoms with Gasteiger partial charge in [-0.25, -0.2) is 0 Å². The van der Waals surface area contributed by atoms with E-state index in [1.54, 1.807) is 0 Å². The molecule has 2 aromatic carbocycles. The molecule has 0 amide bonds. The van der Waals surface area contributed by atoms with E-state index in [2.05, 4.69) is 77.9 Å². The maximum Gasteiger partial charge on any atom is 0.116 e. The Balaban J connectivity index is 2.75. The fourth-order valence-corrected chi connectivity index (χ4v) is 12.3. The lowest BCUT2D eigenvalue weighted by Gasteiger charge is -2.28. The van der Waals surface area contributed by atoms with Crippen LogP contribution < -0.4 is 10.6 Å². The minimum Gasteiger partial charge on any atom is -0.319 e. The third-order valence-electron chi connectivity index (χ3n) is 8.12. The smallest absolute Gasteiger partial charge is 0.116 e. The normalized spacial score (nSPS) is 12.3. The van der Waals surface area contributed by atoms with Crippen molar-refractivity contribution in [3.8, 4) is 11.1 Å². The number of unbranched alkanes of at least 4 members (excludes halogenated alkanes) is 8. The van der Waals surface area contributed by atoms with Gasteiger partial charge in [0.15, 0.2) is 0 Å². The molecule has 2 rings (SSSR count). The van der Waals surface area contributed by atoms with Crippen molar-refractivity contribution in [3.05, 3.63) is 47.5 Å². The average Bonchev–Trinajstić information content (AvgIpc) is 2.89. The molecule has 0 aliphatic heterocycles. The van der Waals surface area contributed by atoms with Gasteiger partial charge in [0.1, 0.15) is 14.3 Å². The second-order valence-corrected chi connectivity index (χ2v) is 17.7. The van der Waals surface area contributed by atoms with Crippen molar-refractivity contribution < 1.29 is 9.13 Å². The lowest BCUT2D eigenvalue weighted by Crippen LogP contribution is -2.21. The lowest BCUT2D eigenvalue weighted by atomic mass is 9.96. The molecule has 38 heavy (non-hydrogen) atoms. The van der Waals surface area contributed by atoms with Gasteiger partial charge in [0.25, 0.3) is 0 Å². The summed E-state index contributed by atoms with van der Waals surface area (Å²) in [6.07, 6.45) is 16.2. The quantitative estimate of drug-likeness (QED) is 0.127. The van der Waals surface area contributed by atoms with Crippen molar-refractivity contribution in [1.82, 2.24) is 0 Å². The predicted molar refractivity (Wildman–Crippen MR) is 173 cm³/mol. The fraction of sp³-hybridized carbons (Fsp3) is 0.647. The maximum atomic E-state index is 14.9. The van der Waals surface area contributed by atoms with Gasteiger partial charge in [-0.05, 0) is 61.8 Å². The zero-order valence-electron chi connectivity index (χ0n) is 25.5. The number of aryl methyl sites for hydroxylation is 2. The van der Waals surface area contributed by atoms with E-state index in [0.29, 0.717) is 0 Å². The highest BCUT2D eigenvalue weighted by Gasteiger charge is 2.33. The van der Waals surface area contributed by atoms with Gasteiger partial charge in [0.05, 0.1) is 0 Å². The third-order valence-corrected chi connectivity index (χ3v) is 14.8. The fourth-order valence-electron chi connectivity index (χ4n) is 5.81. The Morgan fingerprint density at radius 2 is 0.763 bits per heavy atom. The minimum atomic E-state index is -2.59. The topological polar surface area (TPSA) is 34.1 Å². The van der Waals surface area contributed by atoms with Crippen LogP contribution in [0.15, 0.2) is 36.4 Å². The van der Waals surface area contributed by atoms with E-state index >= 15 is 0 Å². The van der Waals surface area contributed by atoms with E-state index in [1.165, 1.54) is 0 Å². The Kier molecular flexibility index (Phi) is 14.7. The van der Waals surface area contributed by atoms with Crippen molar-refractivity contribution in [2.24, 2.45) is 0 Å². The highest BCUT2D eigenvalue weighted by atomic mass is 31.2. The summed E-state index contributed by atoms with van der Waals surface area (Å²) in [4.78, 5) is 0. The molecule has 0 unspecified atom stereocenters. The van der Waals surface area contributed by atoms with Crippen LogP contribution >= 0.6 is 14.3 Å². The molecule has 0 heterocycles. The van der Waals surface area contributed by atoms with Crippen LogP contribution in [-0.2, 0) is 9.13 Å². The summed E-state index contributed by atoms with van der Waals surface area (Å²) in [7, 11) is -5.19. The standard InChI is InChI=1S/C34H56O2P2/c1-7-11-15-25-37(35,26-16-12-8-2)31-23-19-21-29(5)33(31)34-30(6)22-20-24-32(34)38(36,27-17-13-9-3)28-18-14-10-4/h19-24H,7-18,25-28H2,1-6H3. The first-order chi connectivity index (χ1) is 18.3. The van der Waals surface area contributed by atoms with Crippen LogP contribution in [0.2, 0.25) is 0 Å². The Hall–Kier alpha value is -1.10. The molecule has 0 aromatic heterocycles. The predicted octanol–water partition coefficient (Wildman–Crippen LogP) is 10.7. The van der Waals surface area contributed by atoms with Gasteiger partial charge in [-0.3, -0.25) is 0 Å². The third kappa shape index (κ3) is 8.96. The molecule has 0 radical (unpaired) electrons. The van der Waals surface area contributed by atoms with Crippen LogP contribution in [0, 0.1) is 13.8 Å². The highest BCUT2D eigenvalue weighted by Crippen LogP contribution is 2.53. The summed E-state index contributed by atoms with van der Waals surface area (Å²) in [5, 5.41) is 2.10. The molecule has 2 nitrogen and oxygen atoms in total. The van der Waals surface area contributed by atoms with E-state index < -0.39 is 14.3 Å². The molecular formula is C34H56O2P2. The summed E-state index contributed by atoms with van der Waals surface area (Å²) in [5.41, 5.74) is 4.59. The van der Waals surface area contributed by atoms with Gasteiger partial charge in [-0.15, -0.1) is 0 Å². The summed E-state index contributed by atoms with van der Waals surface area (Å²) < 4.78 is 29.9. The van der Waals surface area contributed by atoms with Crippen LogP contribution in [0.25, 0.3) is 11.1 Å². The highest BCUT2D eigenvalue weighted by molar-refractivity contribution is 7.72. The molecule has 0 spiro atoms. The second-order valence-electron chi connectivity index (χ2n) is 11.4. The van der Waals surface area contributed by atoms with Crippen LogP contribution in [-0.4, -0.2) is 24.6 Å². The minimum absolute atomic E-state index is 0.785. The SMILES string of the molecule is CCCCCP(=O)(CCCCC)c1cccc(C)c1-c1c(C)cccc1P(=O)(CCCCC)CCCCC. The van der Waals surface area contributed by atoms with Crippen molar-refractivity contribution in [3.63, 3.8) is 0 Å². The van der Waals surface area contributed by atoms with Gasteiger partial charge in [-0.1, -0.05) is 115 Å². The maximum absolute atomic E-state index is 14.9. The van der Waals surface area contributed by atoms with Gasteiger partial charge in [0.2, 0.25) is 0 Å². The molecule has 2 aromatic rings. The summed E-state index contributed by atoms with van der Waals surface area (Å²) in [6, 6.07) is 12.8. The van der Waals surface area contributed by atoms with E-state index in [4.69, 9.17) is 0 Å². The number of benzene rings is 2. The molecule has 0 saturated carbocycles. The van der Waals surface area contributed by atoms with Crippen LogP contribution in [0.5, 0.6) is 0 Å². The van der Waals surface area contributed by atoms with Crippen LogP contribution in [0.3, 0.4) is 0 Å². The van der Waals surface area contributed by atoms with E-state index in [0.717, 1.165) is 135 Å². The molecule has 0 atom stereocenters. The Morgan fingerprint density at radius 1 is 0.474 bits per heavy atom. The Labute approximate surface area is 235 Å². The molecule has 0 saturated heterocycles. The van der Waals surface area contributed by atoms with E-state index in [-0.39, 0.29) is 0 Å². The van der Waals surface area contributed by atoms with Crippen LogP contribution in [0.1, 0.15) is 116 Å². The average molecular weight is 559 g/mol. The summed E-state index contributed by atoms with van der Waals surface area (Å²) >= 11 is 0. The first-order valence-corrected chi connectivity index (χ1v) is 19.8. The first kappa shape index (κ1) is 33.1. The summed E-state index contributed by atoms with van der Waals surface area (Å²) in [5.74, 6) is 0. The van der Waals surface area contributed by atoms with Crippen LogP contribution in [0.4, 0.5) is 0 Å². The molecule has 0 bridgehead atoms. The van der Waals surface area contributed by atoms with Gasteiger partial charge in [-0.2, -0.15) is 0 Å².